The van der Waals surface area contributed by atoms with E-state index in [2.05, 4.69) is 5.32 Å². The van der Waals surface area contributed by atoms with Crippen LogP contribution in [0.3, 0.4) is 0 Å². The summed E-state index contributed by atoms with van der Waals surface area (Å²) in [6.07, 6.45) is 0.625. The molecule has 0 unspecified atom stereocenters. The number of carbonyl (C=O) groups is 2. The Hall–Kier alpha value is -1.10. The second kappa shape index (κ2) is 7.48. The zero-order valence-electron chi connectivity index (χ0n) is 10.7. The molecule has 0 heterocycles. The molecule has 0 saturated heterocycles. The summed E-state index contributed by atoms with van der Waals surface area (Å²) >= 11 is 11.7. The summed E-state index contributed by atoms with van der Waals surface area (Å²) in [6, 6.07) is 4.37. The number of esters is 1. The van der Waals surface area contributed by atoms with E-state index in [4.69, 9.17) is 27.9 Å². The van der Waals surface area contributed by atoms with Crippen molar-refractivity contribution in [2.24, 2.45) is 0 Å². The van der Waals surface area contributed by atoms with Gasteiger partial charge in [-0.15, -0.1) is 0 Å². The number of ether oxygens (including phenoxy) is 1. The van der Waals surface area contributed by atoms with Crippen LogP contribution in [-0.2, 0) is 9.53 Å². The fourth-order valence-electron chi connectivity index (χ4n) is 1.60. The van der Waals surface area contributed by atoms with Gasteiger partial charge in [0.2, 0.25) is 0 Å². The van der Waals surface area contributed by atoms with Crippen LogP contribution in [0.1, 0.15) is 23.7 Å². The van der Waals surface area contributed by atoms with Crippen molar-refractivity contribution in [2.75, 3.05) is 13.7 Å². The minimum absolute atomic E-state index is 0.0798. The van der Waals surface area contributed by atoms with Gasteiger partial charge in [0.25, 0.3) is 0 Å². The van der Waals surface area contributed by atoms with Gasteiger partial charge in [0.1, 0.15) is 0 Å². The minimum atomic E-state index is -0.699. The standard InChI is InChI=1S/C13H15Cl2NO3/c1-3-10(16-2)11(17)7-19-13(18)12-8(14)5-4-6-9(12)15/h4-6,10,16H,3,7H2,1-2H3/t10-/m0/s1. The lowest BCUT2D eigenvalue weighted by Crippen LogP contribution is -2.36. The first-order chi connectivity index (χ1) is 9.01. The second-order valence-corrected chi connectivity index (χ2v) is 4.70. The van der Waals surface area contributed by atoms with E-state index < -0.39 is 5.97 Å². The highest BCUT2D eigenvalue weighted by Gasteiger charge is 2.20. The van der Waals surface area contributed by atoms with E-state index in [-0.39, 0.29) is 34.0 Å². The number of nitrogens with one attached hydrogen (secondary N) is 1. The molecule has 4 nitrogen and oxygen atoms in total. The van der Waals surface area contributed by atoms with E-state index in [1.54, 1.807) is 13.1 Å². The van der Waals surface area contributed by atoms with Gasteiger partial charge in [0.05, 0.1) is 21.7 Å². The first kappa shape index (κ1) is 16.0. The van der Waals surface area contributed by atoms with Crippen molar-refractivity contribution in [3.05, 3.63) is 33.8 Å². The second-order valence-electron chi connectivity index (χ2n) is 3.89. The van der Waals surface area contributed by atoms with Gasteiger partial charge < -0.3 is 10.1 Å². The third-order valence-corrected chi connectivity index (χ3v) is 3.29. The zero-order valence-corrected chi connectivity index (χ0v) is 12.2. The molecular weight excluding hydrogens is 289 g/mol. The fourth-order valence-corrected chi connectivity index (χ4v) is 2.15. The summed E-state index contributed by atoms with van der Waals surface area (Å²) in [5.74, 6) is -0.892. The molecule has 1 N–H and O–H groups in total. The van der Waals surface area contributed by atoms with Crippen molar-refractivity contribution in [1.29, 1.82) is 0 Å². The SMILES string of the molecule is CC[C@H](NC)C(=O)COC(=O)c1c(Cl)cccc1Cl. The Bertz CT molecular complexity index is 453. The minimum Gasteiger partial charge on any atom is -0.454 e. The van der Waals surface area contributed by atoms with Gasteiger partial charge in [-0.3, -0.25) is 4.79 Å². The molecule has 0 amide bonds. The summed E-state index contributed by atoms with van der Waals surface area (Å²) in [7, 11) is 1.68. The molecule has 104 valence electrons. The van der Waals surface area contributed by atoms with Gasteiger partial charge in [0.15, 0.2) is 12.4 Å². The number of hydrogen-bond acceptors (Lipinski definition) is 4. The molecular formula is C13H15Cl2NO3. The Morgan fingerprint density at radius 1 is 1.32 bits per heavy atom. The van der Waals surface area contributed by atoms with Crippen LogP contribution in [-0.4, -0.2) is 31.4 Å². The lowest BCUT2D eigenvalue weighted by atomic mass is 10.1. The third-order valence-electron chi connectivity index (χ3n) is 2.66. The Morgan fingerprint density at radius 3 is 2.37 bits per heavy atom. The Balaban J connectivity index is 2.69. The lowest BCUT2D eigenvalue weighted by Gasteiger charge is -2.13. The van der Waals surface area contributed by atoms with Gasteiger partial charge >= 0.3 is 5.97 Å². The van der Waals surface area contributed by atoms with Crippen LogP contribution in [0.5, 0.6) is 0 Å². The predicted octanol–water partition coefficient (Wildman–Crippen LogP) is 2.72. The average Bonchev–Trinajstić information content (AvgIpc) is 2.37. The summed E-state index contributed by atoms with van der Waals surface area (Å²) in [4.78, 5) is 23.5. The van der Waals surface area contributed by atoms with Crippen LogP contribution in [0, 0.1) is 0 Å². The predicted molar refractivity (Wildman–Crippen MR) is 74.9 cm³/mol. The molecule has 19 heavy (non-hydrogen) atoms. The van der Waals surface area contributed by atoms with Crippen molar-refractivity contribution >= 4 is 35.0 Å². The van der Waals surface area contributed by atoms with Crippen molar-refractivity contribution in [2.45, 2.75) is 19.4 Å². The number of ketones is 1. The maximum absolute atomic E-state index is 11.8. The van der Waals surface area contributed by atoms with Crippen LogP contribution >= 0.6 is 23.2 Å². The number of rotatable bonds is 6. The number of benzene rings is 1. The number of hydrogen-bond donors (Lipinski definition) is 1. The highest BCUT2D eigenvalue weighted by Crippen LogP contribution is 2.24. The number of likely N-dealkylation sites (N-methyl/N-ethyl adjacent to an activating group) is 1. The summed E-state index contributed by atoms with van der Waals surface area (Å²) < 4.78 is 4.94. The molecule has 0 aliphatic heterocycles. The van der Waals surface area contributed by atoms with Crippen molar-refractivity contribution in [1.82, 2.24) is 5.32 Å². The van der Waals surface area contributed by atoms with Crippen molar-refractivity contribution in [3.8, 4) is 0 Å². The van der Waals surface area contributed by atoms with E-state index >= 15 is 0 Å². The molecule has 0 aliphatic rings. The number of carbonyl (C=O) groups excluding carboxylic acids is 2. The molecule has 0 aliphatic carbocycles. The van der Waals surface area contributed by atoms with Crippen molar-refractivity contribution in [3.63, 3.8) is 0 Å². The van der Waals surface area contributed by atoms with Gasteiger partial charge in [-0.05, 0) is 25.6 Å². The molecule has 6 heteroatoms. The smallest absolute Gasteiger partial charge is 0.341 e. The van der Waals surface area contributed by atoms with Crippen LogP contribution in [0.2, 0.25) is 10.0 Å². The highest BCUT2D eigenvalue weighted by atomic mass is 35.5. The van der Waals surface area contributed by atoms with Crippen LogP contribution in [0.15, 0.2) is 18.2 Å². The molecule has 0 bridgehead atoms. The molecule has 0 fully saturated rings. The summed E-state index contributed by atoms with van der Waals surface area (Å²) in [5, 5.41) is 3.24. The van der Waals surface area contributed by atoms with E-state index in [0.29, 0.717) is 6.42 Å². The van der Waals surface area contributed by atoms with Crippen LogP contribution in [0.4, 0.5) is 0 Å². The van der Waals surface area contributed by atoms with E-state index in [1.807, 2.05) is 6.92 Å². The fraction of sp³-hybridized carbons (Fsp3) is 0.385. The van der Waals surface area contributed by atoms with Crippen LogP contribution in [0.25, 0.3) is 0 Å². The number of halogens is 2. The first-order valence-electron chi connectivity index (χ1n) is 5.82. The molecule has 1 atom stereocenters. The van der Waals surface area contributed by atoms with Gasteiger partial charge in [-0.25, -0.2) is 4.79 Å². The topological polar surface area (TPSA) is 55.4 Å². The molecule has 1 aromatic rings. The molecule has 0 radical (unpaired) electrons. The van der Waals surface area contributed by atoms with Gasteiger partial charge in [-0.1, -0.05) is 36.2 Å². The summed E-state index contributed by atoms with van der Waals surface area (Å²) in [6.45, 7) is 1.56. The monoisotopic (exact) mass is 303 g/mol. The molecule has 0 saturated carbocycles. The normalized spacial score (nSPS) is 12.0. The maximum Gasteiger partial charge on any atom is 0.341 e. The van der Waals surface area contributed by atoms with E-state index in [0.717, 1.165) is 0 Å². The molecule has 0 spiro atoms. The van der Waals surface area contributed by atoms with Gasteiger partial charge in [-0.2, -0.15) is 0 Å². The van der Waals surface area contributed by atoms with Gasteiger partial charge in [0, 0.05) is 0 Å². The average molecular weight is 304 g/mol. The highest BCUT2D eigenvalue weighted by molar-refractivity contribution is 6.39. The Labute approximate surface area is 122 Å². The molecule has 1 aromatic carbocycles. The molecule has 0 aromatic heterocycles. The Kier molecular flexibility index (Phi) is 6.28. The molecule has 1 rings (SSSR count). The third kappa shape index (κ3) is 4.20. The number of Topliss-reactive ketones (excluding diaryl/α,β-unsaturated/α-hetero) is 1. The first-order valence-corrected chi connectivity index (χ1v) is 6.58. The largest absolute Gasteiger partial charge is 0.454 e. The summed E-state index contributed by atoms with van der Waals surface area (Å²) in [5.41, 5.74) is 0.0798. The van der Waals surface area contributed by atoms with E-state index in [1.165, 1.54) is 12.1 Å². The van der Waals surface area contributed by atoms with Crippen molar-refractivity contribution < 1.29 is 14.3 Å². The van der Waals surface area contributed by atoms with E-state index in [9.17, 15) is 9.59 Å². The zero-order chi connectivity index (χ0) is 14.4. The maximum atomic E-state index is 11.8. The quantitative estimate of drug-likeness (QED) is 0.821. The van der Waals surface area contributed by atoms with Crippen LogP contribution < -0.4 is 5.32 Å². The lowest BCUT2D eigenvalue weighted by molar-refractivity contribution is -0.124. The Morgan fingerprint density at radius 2 is 1.89 bits per heavy atom.